The first-order valence-electron chi connectivity index (χ1n) is 9.56. The molecule has 0 aromatic heterocycles. The van der Waals surface area contributed by atoms with Crippen molar-refractivity contribution in [2.75, 3.05) is 6.54 Å². The van der Waals surface area contributed by atoms with Crippen LogP contribution in [0.25, 0.3) is 0 Å². The Morgan fingerprint density at radius 3 is 2.04 bits per heavy atom. The van der Waals surface area contributed by atoms with Gasteiger partial charge in [-0.3, -0.25) is 4.79 Å². The van der Waals surface area contributed by atoms with Gasteiger partial charge in [-0.05, 0) is 36.3 Å². The molecule has 1 aliphatic heterocycles. The fraction of sp³-hybridized carbons (Fsp3) is 0.435. The third kappa shape index (κ3) is 4.31. The summed E-state index contributed by atoms with van der Waals surface area (Å²) in [7, 11) is 0. The monoisotopic (exact) mass is 335 g/mol. The lowest BCUT2D eigenvalue weighted by Crippen LogP contribution is -2.46. The molecule has 2 heteroatoms. The summed E-state index contributed by atoms with van der Waals surface area (Å²) in [6.45, 7) is 5.39. The molecule has 25 heavy (non-hydrogen) atoms. The number of benzene rings is 2. The first kappa shape index (κ1) is 17.7. The summed E-state index contributed by atoms with van der Waals surface area (Å²) in [5.41, 5.74) is 2.44. The molecular weight excluding hydrogens is 306 g/mol. The molecule has 2 aromatic rings. The predicted molar refractivity (Wildman–Crippen MR) is 104 cm³/mol. The normalized spacial score (nSPS) is 17.9. The van der Waals surface area contributed by atoms with Gasteiger partial charge in [0, 0.05) is 24.9 Å². The topological polar surface area (TPSA) is 20.3 Å². The van der Waals surface area contributed by atoms with E-state index in [2.05, 4.69) is 67.3 Å². The Hall–Kier alpha value is -2.09. The van der Waals surface area contributed by atoms with Crippen LogP contribution in [0.2, 0.25) is 0 Å². The van der Waals surface area contributed by atoms with E-state index < -0.39 is 0 Å². The summed E-state index contributed by atoms with van der Waals surface area (Å²) in [6.07, 6.45) is 4.08. The molecule has 2 aromatic carbocycles. The largest absolute Gasteiger partial charge is 0.339 e. The second kappa shape index (κ2) is 8.33. The van der Waals surface area contributed by atoms with Crippen LogP contribution in [0.5, 0.6) is 0 Å². The van der Waals surface area contributed by atoms with Crippen molar-refractivity contribution in [2.45, 2.75) is 51.5 Å². The number of amides is 1. The van der Waals surface area contributed by atoms with Crippen LogP contribution in [0, 0.1) is 5.92 Å². The Balaban J connectivity index is 1.84. The van der Waals surface area contributed by atoms with Crippen LogP contribution in [-0.4, -0.2) is 23.4 Å². The summed E-state index contributed by atoms with van der Waals surface area (Å²) in [5, 5.41) is 0. The van der Waals surface area contributed by atoms with E-state index in [0.29, 0.717) is 24.3 Å². The van der Waals surface area contributed by atoms with Gasteiger partial charge in [-0.2, -0.15) is 0 Å². The molecule has 1 unspecified atom stereocenters. The molecule has 0 bridgehead atoms. The van der Waals surface area contributed by atoms with E-state index in [4.69, 9.17) is 0 Å². The lowest BCUT2D eigenvalue weighted by atomic mass is 9.86. The third-order valence-electron chi connectivity index (χ3n) is 5.42. The van der Waals surface area contributed by atoms with Gasteiger partial charge >= 0.3 is 0 Å². The third-order valence-corrected chi connectivity index (χ3v) is 5.42. The summed E-state index contributed by atoms with van der Waals surface area (Å²) >= 11 is 0. The minimum atomic E-state index is 0.129. The zero-order valence-corrected chi connectivity index (χ0v) is 15.4. The van der Waals surface area contributed by atoms with Crippen LogP contribution in [0.3, 0.4) is 0 Å². The van der Waals surface area contributed by atoms with E-state index >= 15 is 0 Å². The van der Waals surface area contributed by atoms with Gasteiger partial charge in [0.05, 0.1) is 0 Å². The zero-order chi connectivity index (χ0) is 17.6. The van der Waals surface area contributed by atoms with Crippen LogP contribution in [0.1, 0.15) is 56.6 Å². The van der Waals surface area contributed by atoms with Crippen LogP contribution in [0.4, 0.5) is 0 Å². The quantitative estimate of drug-likeness (QED) is 0.731. The summed E-state index contributed by atoms with van der Waals surface area (Å²) in [4.78, 5) is 15.4. The molecule has 0 radical (unpaired) electrons. The maximum Gasteiger partial charge on any atom is 0.223 e. The Morgan fingerprint density at radius 1 is 0.960 bits per heavy atom. The molecule has 1 heterocycles. The molecule has 1 fully saturated rings. The van der Waals surface area contributed by atoms with E-state index in [9.17, 15) is 4.79 Å². The average Bonchev–Trinajstić information content (AvgIpc) is 2.67. The van der Waals surface area contributed by atoms with Crippen molar-refractivity contribution < 1.29 is 4.79 Å². The van der Waals surface area contributed by atoms with E-state index in [-0.39, 0.29) is 5.92 Å². The van der Waals surface area contributed by atoms with Gasteiger partial charge in [0.1, 0.15) is 0 Å². The number of hydrogen-bond acceptors (Lipinski definition) is 1. The maximum atomic E-state index is 13.2. The van der Waals surface area contributed by atoms with E-state index in [1.165, 1.54) is 17.5 Å². The highest BCUT2D eigenvalue weighted by Crippen LogP contribution is 2.31. The number of piperidine rings is 1. The molecule has 0 spiro atoms. The van der Waals surface area contributed by atoms with E-state index in [0.717, 1.165) is 19.4 Å². The second-order valence-corrected chi connectivity index (χ2v) is 7.47. The van der Waals surface area contributed by atoms with Crippen LogP contribution in [-0.2, 0) is 4.79 Å². The lowest BCUT2D eigenvalue weighted by Gasteiger charge is -2.39. The molecule has 1 saturated heterocycles. The number of hydrogen-bond donors (Lipinski definition) is 0. The molecule has 1 aliphatic rings. The predicted octanol–water partition coefficient (Wildman–Crippen LogP) is 5.25. The number of likely N-dealkylation sites (tertiary alicyclic amines) is 1. The van der Waals surface area contributed by atoms with Gasteiger partial charge < -0.3 is 4.90 Å². The summed E-state index contributed by atoms with van der Waals surface area (Å²) < 4.78 is 0. The van der Waals surface area contributed by atoms with E-state index in [1.807, 2.05) is 12.1 Å². The number of carbonyl (C=O) groups is 1. The standard InChI is InChI=1S/C23H29NO/c1-18(2)22-15-9-10-16-24(22)23(25)17-21(19-11-5-3-6-12-19)20-13-7-4-8-14-20/h3-8,11-14,18,21-22H,9-10,15-17H2,1-2H3. The molecule has 132 valence electrons. The van der Waals surface area contributed by atoms with Crippen molar-refractivity contribution in [3.05, 3.63) is 71.8 Å². The molecule has 0 aliphatic carbocycles. The van der Waals surface area contributed by atoms with Crippen molar-refractivity contribution in [1.82, 2.24) is 4.90 Å². The Bertz CT molecular complexity index is 626. The molecular formula is C23H29NO. The van der Waals surface area contributed by atoms with Gasteiger partial charge in [-0.15, -0.1) is 0 Å². The first-order valence-corrected chi connectivity index (χ1v) is 9.56. The summed E-state index contributed by atoms with van der Waals surface area (Å²) in [5.74, 6) is 0.955. The fourth-order valence-corrected chi connectivity index (χ4v) is 4.05. The number of nitrogens with zero attached hydrogens (tertiary/aromatic N) is 1. The van der Waals surface area contributed by atoms with Gasteiger partial charge in [-0.25, -0.2) is 0 Å². The summed E-state index contributed by atoms with van der Waals surface area (Å²) in [6, 6.07) is 21.3. The van der Waals surface area contributed by atoms with Crippen molar-refractivity contribution in [2.24, 2.45) is 5.92 Å². The molecule has 0 saturated carbocycles. The highest BCUT2D eigenvalue weighted by atomic mass is 16.2. The lowest BCUT2D eigenvalue weighted by molar-refractivity contribution is -0.136. The smallest absolute Gasteiger partial charge is 0.223 e. The number of rotatable bonds is 5. The molecule has 1 amide bonds. The SMILES string of the molecule is CC(C)C1CCCCN1C(=O)CC(c1ccccc1)c1ccccc1. The minimum Gasteiger partial charge on any atom is -0.339 e. The van der Waals surface area contributed by atoms with E-state index in [1.54, 1.807) is 0 Å². The van der Waals surface area contributed by atoms with Crippen molar-refractivity contribution in [1.29, 1.82) is 0 Å². The van der Waals surface area contributed by atoms with Gasteiger partial charge in [0.25, 0.3) is 0 Å². The maximum absolute atomic E-state index is 13.2. The molecule has 0 N–H and O–H groups in total. The van der Waals surface area contributed by atoms with Crippen LogP contribution >= 0.6 is 0 Å². The van der Waals surface area contributed by atoms with Crippen molar-refractivity contribution in [3.8, 4) is 0 Å². The first-order chi connectivity index (χ1) is 12.2. The van der Waals surface area contributed by atoms with Crippen molar-refractivity contribution in [3.63, 3.8) is 0 Å². The Morgan fingerprint density at radius 2 is 1.52 bits per heavy atom. The Labute approximate surface area is 151 Å². The Kier molecular flexibility index (Phi) is 5.91. The molecule has 2 nitrogen and oxygen atoms in total. The fourth-order valence-electron chi connectivity index (χ4n) is 4.05. The average molecular weight is 335 g/mol. The second-order valence-electron chi connectivity index (χ2n) is 7.47. The minimum absolute atomic E-state index is 0.129. The van der Waals surface area contributed by atoms with Crippen LogP contribution in [0.15, 0.2) is 60.7 Å². The van der Waals surface area contributed by atoms with Gasteiger partial charge in [0.2, 0.25) is 5.91 Å². The van der Waals surface area contributed by atoms with Crippen molar-refractivity contribution >= 4 is 5.91 Å². The molecule has 3 rings (SSSR count). The number of carbonyl (C=O) groups excluding carboxylic acids is 1. The zero-order valence-electron chi connectivity index (χ0n) is 15.4. The van der Waals surface area contributed by atoms with Gasteiger partial charge in [0.15, 0.2) is 0 Å². The molecule has 1 atom stereocenters. The highest BCUT2D eigenvalue weighted by Gasteiger charge is 2.30. The highest BCUT2D eigenvalue weighted by molar-refractivity contribution is 5.78. The van der Waals surface area contributed by atoms with Crippen LogP contribution < -0.4 is 0 Å². The van der Waals surface area contributed by atoms with Gasteiger partial charge in [-0.1, -0.05) is 74.5 Å².